The van der Waals surface area contributed by atoms with Crippen molar-refractivity contribution in [3.05, 3.63) is 0 Å². The number of rotatable bonds is 12. The van der Waals surface area contributed by atoms with Gasteiger partial charge in [0.25, 0.3) is 0 Å². The van der Waals surface area contributed by atoms with Crippen LogP contribution in [0.25, 0.3) is 0 Å². The zero-order chi connectivity index (χ0) is 12.1. The van der Waals surface area contributed by atoms with Crippen LogP contribution in [0.1, 0.15) is 78.6 Å². The Labute approximate surface area is 120 Å². The summed E-state index contributed by atoms with van der Waals surface area (Å²) in [5, 5.41) is 0. The second kappa shape index (κ2) is 16.4. The van der Waals surface area contributed by atoms with Crippen LogP contribution in [0.2, 0.25) is 0 Å². The van der Waals surface area contributed by atoms with Crippen molar-refractivity contribution in [2.24, 2.45) is 0 Å². The number of hydrogen-bond donors (Lipinski definition) is 0. The van der Waals surface area contributed by atoms with E-state index in [2.05, 4.69) is 25.7 Å². The highest BCUT2D eigenvalue weighted by atomic mass is 79.9. The van der Waals surface area contributed by atoms with Crippen LogP contribution >= 0.6 is 17.0 Å². The first-order valence-electron chi connectivity index (χ1n) is 7.57. The number of halogens is 1. The molecule has 0 rings (SSSR count). The van der Waals surface area contributed by atoms with Crippen LogP contribution in [0.4, 0.5) is 0 Å². The molecule has 0 aliphatic carbocycles. The van der Waals surface area contributed by atoms with Crippen molar-refractivity contribution in [2.75, 3.05) is 19.6 Å². The highest BCUT2D eigenvalue weighted by Crippen LogP contribution is 2.05. The molecule has 1 nitrogen and oxygen atoms in total. The summed E-state index contributed by atoms with van der Waals surface area (Å²) in [7, 11) is 0. The van der Waals surface area contributed by atoms with E-state index in [0.29, 0.717) is 0 Å². The Kier molecular flexibility index (Phi) is 19.1. The third-order valence-electron chi connectivity index (χ3n) is 3.23. The maximum atomic E-state index is 2.70. The molecule has 0 saturated heterocycles. The summed E-state index contributed by atoms with van der Waals surface area (Å²) in [6.07, 6.45) is 12.4. The smallest absolute Gasteiger partial charge is 0.00187 e. The van der Waals surface area contributed by atoms with Crippen LogP contribution in [0.3, 0.4) is 0 Å². The van der Waals surface area contributed by atoms with Gasteiger partial charge in [0.15, 0.2) is 0 Å². The maximum Gasteiger partial charge on any atom is -0.00187 e. The fourth-order valence-electron chi connectivity index (χ4n) is 2.09. The normalized spacial score (nSPS) is 10.6. The molecular formula is C15H34BrN. The molecular weight excluding hydrogens is 274 g/mol. The van der Waals surface area contributed by atoms with Crippen LogP contribution < -0.4 is 0 Å². The first kappa shape index (κ1) is 19.8. The van der Waals surface area contributed by atoms with Crippen molar-refractivity contribution in [3.63, 3.8) is 0 Å². The molecule has 0 unspecified atom stereocenters. The Morgan fingerprint density at radius 1 is 0.529 bits per heavy atom. The lowest BCUT2D eigenvalue weighted by molar-refractivity contribution is 0.256. The van der Waals surface area contributed by atoms with Gasteiger partial charge in [-0.2, -0.15) is 0 Å². The molecule has 0 aromatic heterocycles. The minimum Gasteiger partial charge on any atom is -0.303 e. The Balaban J connectivity index is 0. The number of nitrogens with zero attached hydrogens (tertiary/aromatic N) is 1. The van der Waals surface area contributed by atoms with Crippen LogP contribution in [0, 0.1) is 0 Å². The Hall–Kier alpha value is 0.440. The molecule has 0 aromatic carbocycles. The summed E-state index contributed by atoms with van der Waals surface area (Å²) in [4.78, 5) is 2.70. The molecule has 0 aromatic rings. The van der Waals surface area contributed by atoms with Gasteiger partial charge >= 0.3 is 0 Å². The molecule has 0 bridgehead atoms. The van der Waals surface area contributed by atoms with E-state index < -0.39 is 0 Å². The van der Waals surface area contributed by atoms with Crippen LogP contribution in [-0.4, -0.2) is 24.5 Å². The highest BCUT2D eigenvalue weighted by Gasteiger charge is 2.03. The predicted octanol–water partition coefficient (Wildman–Crippen LogP) is 5.44. The van der Waals surface area contributed by atoms with Gasteiger partial charge in [0.05, 0.1) is 0 Å². The Morgan fingerprint density at radius 3 is 1.06 bits per heavy atom. The Morgan fingerprint density at radius 2 is 0.824 bits per heavy atom. The average Bonchev–Trinajstić information content (AvgIpc) is 2.29. The van der Waals surface area contributed by atoms with Gasteiger partial charge in [-0.3, -0.25) is 0 Å². The van der Waals surface area contributed by atoms with Gasteiger partial charge in [0.1, 0.15) is 0 Å². The third kappa shape index (κ3) is 14.4. The molecule has 0 aliphatic heterocycles. The molecule has 0 saturated carbocycles. The van der Waals surface area contributed by atoms with Crippen molar-refractivity contribution < 1.29 is 0 Å². The lowest BCUT2D eigenvalue weighted by Gasteiger charge is -2.22. The molecule has 0 aliphatic rings. The summed E-state index contributed by atoms with van der Waals surface area (Å²) in [6, 6.07) is 0. The lowest BCUT2D eigenvalue weighted by Crippen LogP contribution is -2.27. The van der Waals surface area contributed by atoms with Crippen LogP contribution in [-0.2, 0) is 0 Å². The molecule has 106 valence electrons. The van der Waals surface area contributed by atoms with E-state index in [9.17, 15) is 0 Å². The van der Waals surface area contributed by atoms with Gasteiger partial charge in [-0.15, -0.1) is 17.0 Å². The maximum absolute atomic E-state index is 2.70. The van der Waals surface area contributed by atoms with Gasteiger partial charge in [-0.05, 0) is 38.9 Å². The van der Waals surface area contributed by atoms with Gasteiger partial charge in [0.2, 0.25) is 0 Å². The van der Waals surface area contributed by atoms with Crippen molar-refractivity contribution in [1.29, 1.82) is 0 Å². The standard InChI is InChI=1S/C15H33N.BrH/c1-4-7-10-13-16(14-11-8-5-2)15-12-9-6-3;/h4-15H2,1-3H3;1H. The van der Waals surface area contributed by atoms with Crippen molar-refractivity contribution >= 4 is 17.0 Å². The van der Waals surface area contributed by atoms with E-state index in [1.807, 2.05) is 0 Å². The van der Waals surface area contributed by atoms with Gasteiger partial charge < -0.3 is 4.90 Å². The minimum absolute atomic E-state index is 0. The van der Waals surface area contributed by atoms with E-state index in [-0.39, 0.29) is 17.0 Å². The quantitative estimate of drug-likeness (QED) is 0.434. The first-order chi connectivity index (χ1) is 7.85. The zero-order valence-corrected chi connectivity index (χ0v) is 14.1. The van der Waals surface area contributed by atoms with Crippen LogP contribution in [0.15, 0.2) is 0 Å². The van der Waals surface area contributed by atoms with Crippen LogP contribution in [0.5, 0.6) is 0 Å². The molecule has 0 heterocycles. The van der Waals surface area contributed by atoms with Gasteiger partial charge in [0, 0.05) is 0 Å². The highest BCUT2D eigenvalue weighted by molar-refractivity contribution is 8.93. The van der Waals surface area contributed by atoms with E-state index in [1.54, 1.807) is 0 Å². The second-order valence-corrected chi connectivity index (χ2v) is 4.96. The predicted molar refractivity (Wildman–Crippen MR) is 85.3 cm³/mol. The fraction of sp³-hybridized carbons (Fsp3) is 1.00. The van der Waals surface area contributed by atoms with Gasteiger partial charge in [-0.1, -0.05) is 59.3 Å². The summed E-state index contributed by atoms with van der Waals surface area (Å²) >= 11 is 0. The molecule has 0 radical (unpaired) electrons. The molecule has 17 heavy (non-hydrogen) atoms. The molecule has 0 fully saturated rings. The SMILES string of the molecule is Br.CCCCCN(CCCCC)CCCCC. The van der Waals surface area contributed by atoms with E-state index in [0.717, 1.165) is 0 Å². The monoisotopic (exact) mass is 307 g/mol. The summed E-state index contributed by atoms with van der Waals surface area (Å²) in [5.41, 5.74) is 0. The van der Waals surface area contributed by atoms with E-state index in [4.69, 9.17) is 0 Å². The topological polar surface area (TPSA) is 3.24 Å². The number of hydrogen-bond acceptors (Lipinski definition) is 1. The molecule has 0 amide bonds. The average molecular weight is 308 g/mol. The van der Waals surface area contributed by atoms with E-state index in [1.165, 1.54) is 77.4 Å². The summed E-state index contributed by atoms with van der Waals surface area (Å²) < 4.78 is 0. The molecule has 2 heteroatoms. The lowest BCUT2D eigenvalue weighted by atomic mass is 10.2. The largest absolute Gasteiger partial charge is 0.303 e. The Bertz CT molecular complexity index is 104. The van der Waals surface area contributed by atoms with Crippen molar-refractivity contribution in [2.45, 2.75) is 78.6 Å². The summed E-state index contributed by atoms with van der Waals surface area (Å²) in [5.74, 6) is 0. The number of unbranched alkanes of at least 4 members (excludes halogenated alkanes) is 6. The minimum atomic E-state index is 0. The molecule has 0 spiro atoms. The zero-order valence-electron chi connectivity index (χ0n) is 12.3. The van der Waals surface area contributed by atoms with Crippen molar-refractivity contribution in [3.8, 4) is 0 Å². The fourth-order valence-corrected chi connectivity index (χ4v) is 2.09. The molecule has 0 atom stereocenters. The molecule has 0 N–H and O–H groups in total. The summed E-state index contributed by atoms with van der Waals surface area (Å²) in [6.45, 7) is 10.9. The first-order valence-corrected chi connectivity index (χ1v) is 7.57. The third-order valence-corrected chi connectivity index (χ3v) is 3.23. The second-order valence-electron chi connectivity index (χ2n) is 4.96. The van der Waals surface area contributed by atoms with Gasteiger partial charge in [-0.25, -0.2) is 0 Å². The van der Waals surface area contributed by atoms with Crippen molar-refractivity contribution in [1.82, 2.24) is 4.90 Å². The van der Waals surface area contributed by atoms with E-state index >= 15 is 0 Å².